The van der Waals surface area contributed by atoms with Crippen molar-refractivity contribution in [1.82, 2.24) is 4.98 Å². The first kappa shape index (κ1) is 18.2. The Morgan fingerprint density at radius 3 is 2.42 bits per heavy atom. The molecule has 0 aliphatic heterocycles. The summed E-state index contributed by atoms with van der Waals surface area (Å²) in [4.78, 5) is 4.55. The second-order valence-electron chi connectivity index (χ2n) is 6.07. The number of nitrogens with zero attached hydrogens (tertiary/aromatic N) is 1. The first-order valence-corrected chi connectivity index (χ1v) is 10.1. The van der Waals surface area contributed by atoms with Crippen LogP contribution in [-0.4, -0.2) is 19.9 Å². The number of nitrogens with one attached hydrogen (secondary N) is 1. The topological polar surface area (TPSA) is 72.2 Å². The molecule has 0 spiro atoms. The standard InChI is InChI=1S/C20H22N2O3S/c1-3-4-14-21-19-20(26(23,24)16-11-6-5-7-12-16)22-18(25-19)17-13-9-8-10-15(17)2/h5-13,21H,3-4,14H2,1-2H3. The summed E-state index contributed by atoms with van der Waals surface area (Å²) in [5, 5.41) is 3.02. The van der Waals surface area contributed by atoms with Crippen LogP contribution >= 0.6 is 0 Å². The van der Waals surface area contributed by atoms with E-state index in [2.05, 4.69) is 17.2 Å². The second-order valence-corrected chi connectivity index (χ2v) is 7.93. The van der Waals surface area contributed by atoms with Crippen molar-refractivity contribution in [2.75, 3.05) is 11.9 Å². The van der Waals surface area contributed by atoms with Gasteiger partial charge in [0.15, 0.2) is 0 Å². The molecular formula is C20H22N2O3S. The van der Waals surface area contributed by atoms with Crippen molar-refractivity contribution in [3.63, 3.8) is 0 Å². The van der Waals surface area contributed by atoms with Crippen LogP contribution in [0.25, 0.3) is 11.5 Å². The van der Waals surface area contributed by atoms with Crippen molar-refractivity contribution in [3.8, 4) is 11.5 Å². The molecule has 1 aromatic heterocycles. The molecule has 136 valence electrons. The number of oxazole rings is 1. The number of benzene rings is 2. The maximum atomic E-state index is 13.1. The molecular weight excluding hydrogens is 348 g/mol. The maximum absolute atomic E-state index is 13.1. The Morgan fingerprint density at radius 2 is 1.73 bits per heavy atom. The lowest BCUT2D eigenvalue weighted by Crippen LogP contribution is -2.08. The van der Waals surface area contributed by atoms with E-state index in [9.17, 15) is 8.42 Å². The normalized spacial score (nSPS) is 11.5. The van der Waals surface area contributed by atoms with Gasteiger partial charge in [-0.25, -0.2) is 8.42 Å². The first-order chi connectivity index (χ1) is 12.5. The van der Waals surface area contributed by atoms with Crippen LogP contribution in [0.1, 0.15) is 25.3 Å². The Bertz CT molecular complexity index is 979. The van der Waals surface area contributed by atoms with Crippen LogP contribution in [0.4, 0.5) is 5.88 Å². The van der Waals surface area contributed by atoms with E-state index in [1.165, 1.54) is 0 Å². The van der Waals surface area contributed by atoms with Crippen LogP contribution in [0, 0.1) is 6.92 Å². The van der Waals surface area contributed by atoms with Gasteiger partial charge >= 0.3 is 0 Å². The van der Waals surface area contributed by atoms with Crippen molar-refractivity contribution in [1.29, 1.82) is 0 Å². The van der Waals surface area contributed by atoms with Crippen LogP contribution in [-0.2, 0) is 9.84 Å². The minimum atomic E-state index is -3.77. The van der Waals surface area contributed by atoms with Gasteiger partial charge < -0.3 is 9.73 Å². The third-order valence-electron chi connectivity index (χ3n) is 4.10. The van der Waals surface area contributed by atoms with Gasteiger partial charge in [-0.2, -0.15) is 4.98 Å². The number of unbranched alkanes of at least 4 members (excludes halogenated alkanes) is 1. The molecule has 0 amide bonds. The fraction of sp³-hybridized carbons (Fsp3) is 0.250. The van der Waals surface area contributed by atoms with Gasteiger partial charge in [-0.3, -0.25) is 0 Å². The zero-order valence-electron chi connectivity index (χ0n) is 14.9. The van der Waals surface area contributed by atoms with Crippen LogP contribution in [0.3, 0.4) is 0 Å². The number of sulfone groups is 1. The third kappa shape index (κ3) is 3.65. The summed E-state index contributed by atoms with van der Waals surface area (Å²) >= 11 is 0. The summed E-state index contributed by atoms with van der Waals surface area (Å²) in [6.07, 6.45) is 1.90. The van der Waals surface area contributed by atoms with E-state index < -0.39 is 9.84 Å². The minimum absolute atomic E-state index is 0.0712. The number of aromatic nitrogens is 1. The van der Waals surface area contributed by atoms with Gasteiger partial charge in [0.2, 0.25) is 26.6 Å². The van der Waals surface area contributed by atoms with Gasteiger partial charge in [0.1, 0.15) is 0 Å². The summed E-state index contributed by atoms with van der Waals surface area (Å²) in [6, 6.07) is 15.9. The Hall–Kier alpha value is -2.60. The van der Waals surface area contributed by atoms with Crippen molar-refractivity contribution >= 4 is 15.7 Å². The smallest absolute Gasteiger partial charge is 0.233 e. The van der Waals surface area contributed by atoms with Gasteiger partial charge in [-0.05, 0) is 37.1 Å². The molecule has 0 aliphatic rings. The van der Waals surface area contributed by atoms with E-state index in [4.69, 9.17) is 4.42 Å². The van der Waals surface area contributed by atoms with E-state index in [0.717, 1.165) is 24.0 Å². The molecule has 6 heteroatoms. The fourth-order valence-electron chi connectivity index (χ4n) is 2.62. The fourth-order valence-corrected chi connectivity index (χ4v) is 3.92. The van der Waals surface area contributed by atoms with E-state index in [-0.39, 0.29) is 15.8 Å². The molecule has 3 aromatic rings. The second kappa shape index (κ2) is 7.74. The molecule has 3 rings (SSSR count). The van der Waals surface area contributed by atoms with Crippen molar-refractivity contribution in [2.45, 2.75) is 36.6 Å². The highest BCUT2D eigenvalue weighted by Gasteiger charge is 2.28. The average Bonchev–Trinajstić information content (AvgIpc) is 3.08. The van der Waals surface area contributed by atoms with Crippen LogP contribution in [0.5, 0.6) is 0 Å². The van der Waals surface area contributed by atoms with Crippen molar-refractivity contribution in [2.24, 2.45) is 0 Å². The van der Waals surface area contributed by atoms with E-state index >= 15 is 0 Å². The summed E-state index contributed by atoms with van der Waals surface area (Å²) in [6.45, 7) is 4.63. The molecule has 0 aliphatic carbocycles. The van der Waals surface area contributed by atoms with Gasteiger partial charge in [0.05, 0.1) is 4.90 Å². The monoisotopic (exact) mass is 370 g/mol. The van der Waals surface area contributed by atoms with Crippen LogP contribution < -0.4 is 5.32 Å². The molecule has 0 atom stereocenters. The summed E-state index contributed by atoms with van der Waals surface area (Å²) in [5.74, 6) is 0.497. The van der Waals surface area contributed by atoms with Crippen LogP contribution in [0.15, 0.2) is 68.9 Å². The SMILES string of the molecule is CCCCNc1oc(-c2ccccc2C)nc1S(=O)(=O)c1ccccc1. The zero-order valence-corrected chi connectivity index (χ0v) is 15.7. The Morgan fingerprint density at radius 1 is 1.04 bits per heavy atom. The number of hydrogen-bond donors (Lipinski definition) is 1. The molecule has 1 N–H and O–H groups in total. The Balaban J connectivity index is 2.09. The molecule has 1 heterocycles. The Kier molecular flexibility index (Phi) is 5.42. The van der Waals surface area contributed by atoms with Gasteiger partial charge in [-0.15, -0.1) is 0 Å². The predicted octanol–water partition coefficient (Wildman–Crippen LogP) is 4.69. The van der Waals surface area contributed by atoms with Gasteiger partial charge in [0.25, 0.3) is 0 Å². The maximum Gasteiger partial charge on any atom is 0.233 e. The van der Waals surface area contributed by atoms with E-state index in [1.54, 1.807) is 30.3 Å². The Labute approximate surface area is 154 Å². The average molecular weight is 370 g/mol. The molecule has 0 saturated carbocycles. The van der Waals surface area contributed by atoms with Crippen molar-refractivity contribution < 1.29 is 12.8 Å². The molecule has 0 bridgehead atoms. The number of anilines is 1. The van der Waals surface area contributed by atoms with E-state index in [1.807, 2.05) is 31.2 Å². The zero-order chi connectivity index (χ0) is 18.6. The first-order valence-electron chi connectivity index (χ1n) is 8.65. The lowest BCUT2D eigenvalue weighted by molar-refractivity contribution is 0.575. The molecule has 0 unspecified atom stereocenters. The summed E-state index contributed by atoms with van der Waals surface area (Å²) in [7, 11) is -3.77. The lowest BCUT2D eigenvalue weighted by Gasteiger charge is -2.05. The quantitative estimate of drug-likeness (QED) is 0.611. The third-order valence-corrected chi connectivity index (χ3v) is 5.77. The molecule has 0 radical (unpaired) electrons. The molecule has 5 nitrogen and oxygen atoms in total. The summed E-state index contributed by atoms with van der Waals surface area (Å²) in [5.41, 5.74) is 1.75. The highest BCUT2D eigenvalue weighted by Crippen LogP contribution is 2.33. The predicted molar refractivity (Wildman–Crippen MR) is 102 cm³/mol. The minimum Gasteiger partial charge on any atom is -0.419 e. The van der Waals surface area contributed by atoms with Crippen LogP contribution in [0.2, 0.25) is 0 Å². The number of hydrogen-bond acceptors (Lipinski definition) is 5. The van der Waals surface area contributed by atoms with Gasteiger partial charge in [-0.1, -0.05) is 49.7 Å². The van der Waals surface area contributed by atoms with Crippen molar-refractivity contribution in [3.05, 3.63) is 60.2 Å². The highest BCUT2D eigenvalue weighted by atomic mass is 32.2. The molecule has 2 aromatic carbocycles. The molecule has 26 heavy (non-hydrogen) atoms. The number of aryl methyl sites for hydroxylation is 1. The molecule has 0 saturated heterocycles. The van der Waals surface area contributed by atoms with Gasteiger partial charge in [0, 0.05) is 12.1 Å². The number of rotatable bonds is 7. The van der Waals surface area contributed by atoms with E-state index in [0.29, 0.717) is 12.4 Å². The lowest BCUT2D eigenvalue weighted by atomic mass is 10.1. The highest BCUT2D eigenvalue weighted by molar-refractivity contribution is 7.91. The largest absolute Gasteiger partial charge is 0.419 e. The molecule has 0 fully saturated rings. The summed E-state index contributed by atoms with van der Waals surface area (Å²) < 4.78 is 31.9.